The van der Waals surface area contributed by atoms with Gasteiger partial charge >= 0.3 is 0 Å². The molecular formula is C30H48O4. The fraction of sp³-hybridized carbons (Fsp3) is 0.933. The Morgan fingerprint density at radius 2 is 1.59 bits per heavy atom. The Morgan fingerprint density at radius 1 is 0.882 bits per heavy atom. The molecule has 1 saturated heterocycles. The number of hydrogen-bond acceptors (Lipinski definition) is 4. The van der Waals surface area contributed by atoms with Gasteiger partial charge in [0.1, 0.15) is 0 Å². The monoisotopic (exact) mass is 472 g/mol. The number of rotatable bonds is 0. The number of allylic oxidation sites excluding steroid dienone is 1. The quantitative estimate of drug-likeness (QED) is 0.436. The van der Waals surface area contributed by atoms with Crippen molar-refractivity contribution in [3.63, 3.8) is 0 Å². The first-order valence-corrected chi connectivity index (χ1v) is 14.1. The minimum Gasteiger partial charge on any atom is -0.393 e. The van der Waals surface area contributed by atoms with Crippen LogP contribution in [0.1, 0.15) is 87.0 Å². The fourth-order valence-electron chi connectivity index (χ4n) is 11.6. The highest BCUT2D eigenvalue weighted by atomic mass is 16.5. The van der Waals surface area contributed by atoms with Gasteiger partial charge in [0.05, 0.1) is 30.5 Å². The third kappa shape index (κ3) is 2.33. The van der Waals surface area contributed by atoms with Crippen LogP contribution in [0.5, 0.6) is 0 Å². The van der Waals surface area contributed by atoms with Gasteiger partial charge in [-0.1, -0.05) is 60.6 Å². The average molecular weight is 473 g/mol. The first-order chi connectivity index (χ1) is 15.7. The van der Waals surface area contributed by atoms with E-state index in [0.29, 0.717) is 11.8 Å². The Kier molecular flexibility index (Phi) is 4.73. The van der Waals surface area contributed by atoms with E-state index in [4.69, 9.17) is 4.74 Å². The Morgan fingerprint density at radius 3 is 2.29 bits per heavy atom. The smallest absolute Gasteiger partial charge is 0.0959 e. The predicted octanol–water partition coefficient (Wildman–Crippen LogP) is 4.96. The van der Waals surface area contributed by atoms with Crippen LogP contribution < -0.4 is 0 Å². The van der Waals surface area contributed by atoms with Gasteiger partial charge in [-0.3, -0.25) is 0 Å². The highest BCUT2D eigenvalue weighted by Crippen LogP contribution is 2.79. The lowest BCUT2D eigenvalue weighted by molar-refractivity contribution is -0.281. The van der Waals surface area contributed by atoms with Crippen molar-refractivity contribution in [1.29, 1.82) is 0 Å². The van der Waals surface area contributed by atoms with Crippen LogP contribution in [0.4, 0.5) is 0 Å². The molecule has 5 aliphatic carbocycles. The lowest BCUT2D eigenvalue weighted by Crippen LogP contribution is -2.74. The van der Waals surface area contributed by atoms with Crippen LogP contribution in [0, 0.1) is 56.7 Å². The first kappa shape index (κ1) is 23.9. The summed E-state index contributed by atoms with van der Waals surface area (Å²) in [6.45, 7) is 17.0. The SMILES string of the molecule is C[C@H]1[C@H](C)[C@@H](O)C[C@@]23CC[C@@]4(C)[C@@]5(C)[C@H](C=C[C@]4(OC2)[C@H]13)[C@@]1(C)CC[C@H](O)C(C)(C)[C@@H]1C[C@@H]5O. The molecule has 4 saturated carbocycles. The molecule has 192 valence electrons. The Labute approximate surface area is 206 Å². The van der Waals surface area contributed by atoms with Crippen molar-refractivity contribution in [3.05, 3.63) is 12.2 Å². The third-order valence-electron chi connectivity index (χ3n) is 14.0. The molecule has 1 spiro atoms. The van der Waals surface area contributed by atoms with E-state index in [1.165, 1.54) is 0 Å². The van der Waals surface area contributed by atoms with Crippen LogP contribution >= 0.6 is 0 Å². The molecule has 0 amide bonds. The molecule has 0 radical (unpaired) electrons. The minimum atomic E-state index is -0.425. The van der Waals surface area contributed by atoms with Crippen LogP contribution in [0.3, 0.4) is 0 Å². The molecule has 4 nitrogen and oxygen atoms in total. The third-order valence-corrected chi connectivity index (χ3v) is 14.0. The van der Waals surface area contributed by atoms with E-state index >= 15 is 0 Å². The van der Waals surface area contributed by atoms with E-state index in [9.17, 15) is 15.3 Å². The molecule has 3 N–H and O–H groups in total. The molecular weight excluding hydrogens is 424 g/mol. The lowest BCUT2D eigenvalue weighted by Gasteiger charge is -2.74. The van der Waals surface area contributed by atoms with Crippen LogP contribution in [-0.2, 0) is 4.74 Å². The topological polar surface area (TPSA) is 69.9 Å². The van der Waals surface area contributed by atoms with Gasteiger partial charge in [-0.05, 0) is 73.0 Å². The van der Waals surface area contributed by atoms with Crippen molar-refractivity contribution in [1.82, 2.24) is 0 Å². The minimum absolute atomic E-state index is 0.0483. The van der Waals surface area contributed by atoms with E-state index in [0.717, 1.165) is 45.1 Å². The van der Waals surface area contributed by atoms with Crippen LogP contribution in [0.15, 0.2) is 12.2 Å². The van der Waals surface area contributed by atoms with Crippen molar-refractivity contribution in [2.45, 2.75) is 111 Å². The molecule has 13 atom stereocenters. The van der Waals surface area contributed by atoms with Gasteiger partial charge < -0.3 is 20.1 Å². The summed E-state index contributed by atoms with van der Waals surface area (Å²) in [6, 6.07) is 0. The summed E-state index contributed by atoms with van der Waals surface area (Å²) in [5.74, 6) is 1.57. The molecule has 2 bridgehead atoms. The summed E-state index contributed by atoms with van der Waals surface area (Å²) in [4.78, 5) is 0. The Hall–Kier alpha value is -0.420. The first-order valence-electron chi connectivity index (χ1n) is 14.1. The van der Waals surface area contributed by atoms with Gasteiger partial charge in [-0.2, -0.15) is 0 Å². The van der Waals surface area contributed by atoms with Gasteiger partial charge in [-0.25, -0.2) is 0 Å². The second kappa shape index (κ2) is 6.71. The Balaban J connectivity index is 1.52. The number of aliphatic hydroxyl groups excluding tert-OH is 3. The summed E-state index contributed by atoms with van der Waals surface area (Å²) in [7, 11) is 0. The predicted molar refractivity (Wildman–Crippen MR) is 133 cm³/mol. The number of hydrogen-bond donors (Lipinski definition) is 3. The van der Waals surface area contributed by atoms with Crippen LogP contribution in [-0.4, -0.2) is 45.8 Å². The zero-order valence-electron chi connectivity index (χ0n) is 22.5. The molecule has 1 aliphatic heterocycles. The molecule has 6 rings (SSSR count). The summed E-state index contributed by atoms with van der Waals surface area (Å²) >= 11 is 0. The highest BCUT2D eigenvalue weighted by Gasteiger charge is 2.79. The van der Waals surface area contributed by atoms with E-state index in [1.807, 2.05) is 0 Å². The zero-order chi connectivity index (χ0) is 24.7. The van der Waals surface area contributed by atoms with Crippen molar-refractivity contribution >= 4 is 0 Å². The maximum absolute atomic E-state index is 12.1. The number of ether oxygens (including phenoxy) is 1. The van der Waals surface area contributed by atoms with Gasteiger partial charge in [-0.15, -0.1) is 0 Å². The number of aliphatic hydroxyl groups is 3. The molecule has 1 heterocycles. The molecule has 0 unspecified atom stereocenters. The van der Waals surface area contributed by atoms with Gasteiger partial charge in [0.15, 0.2) is 0 Å². The van der Waals surface area contributed by atoms with E-state index in [1.54, 1.807) is 0 Å². The van der Waals surface area contributed by atoms with E-state index < -0.39 is 6.10 Å². The average Bonchev–Trinajstić information content (AvgIpc) is 3.03. The van der Waals surface area contributed by atoms with E-state index in [2.05, 4.69) is 60.6 Å². The normalized spacial score (nSPS) is 63.9. The van der Waals surface area contributed by atoms with Crippen LogP contribution in [0.25, 0.3) is 0 Å². The lowest BCUT2D eigenvalue weighted by atomic mass is 9.31. The summed E-state index contributed by atoms with van der Waals surface area (Å²) in [5, 5.41) is 34.0. The van der Waals surface area contributed by atoms with Gasteiger partial charge in [0.25, 0.3) is 0 Å². The Bertz CT molecular complexity index is 913. The maximum Gasteiger partial charge on any atom is 0.0959 e. The molecule has 34 heavy (non-hydrogen) atoms. The fourth-order valence-corrected chi connectivity index (χ4v) is 11.6. The largest absolute Gasteiger partial charge is 0.393 e. The van der Waals surface area contributed by atoms with Gasteiger partial charge in [0.2, 0.25) is 0 Å². The van der Waals surface area contributed by atoms with Crippen molar-refractivity contribution in [3.8, 4) is 0 Å². The van der Waals surface area contributed by atoms with Crippen molar-refractivity contribution in [2.24, 2.45) is 56.7 Å². The molecule has 0 aromatic rings. The standard InChI is InChI=1S/C30H48O4/c1-17-18(2)24-29(15-19(17)31)13-12-27(6)28(7)20(8-11-30(24,27)34-16-29)26(5)10-9-22(32)25(3,4)21(26)14-23(28)33/h8,11,17-24,31-33H,9-10,12-16H2,1-7H3/t17-,18-,19-,20+,21-,22-,23-,24+,26+,27-,28-,29-,30-/m0/s1. The second-order valence-electron chi connectivity index (χ2n) is 15.0. The summed E-state index contributed by atoms with van der Waals surface area (Å²) in [5.41, 5.74) is -0.935. The number of fused-ring (bicyclic) bond motifs is 4. The maximum atomic E-state index is 12.1. The van der Waals surface area contributed by atoms with Gasteiger partial charge in [0, 0.05) is 22.2 Å². The molecule has 6 aliphatic rings. The summed E-state index contributed by atoms with van der Waals surface area (Å²) < 4.78 is 7.02. The summed E-state index contributed by atoms with van der Waals surface area (Å²) in [6.07, 6.45) is 9.53. The van der Waals surface area contributed by atoms with Crippen molar-refractivity contribution in [2.75, 3.05) is 6.61 Å². The van der Waals surface area contributed by atoms with Crippen LogP contribution in [0.2, 0.25) is 0 Å². The second-order valence-corrected chi connectivity index (χ2v) is 15.0. The highest BCUT2D eigenvalue weighted by molar-refractivity contribution is 5.36. The van der Waals surface area contributed by atoms with E-state index in [-0.39, 0.29) is 62.6 Å². The molecule has 5 fully saturated rings. The zero-order valence-corrected chi connectivity index (χ0v) is 22.5. The molecule has 0 aromatic heterocycles. The molecule has 4 heteroatoms. The molecule has 0 aromatic carbocycles. The van der Waals surface area contributed by atoms with Crippen molar-refractivity contribution < 1.29 is 20.1 Å².